The number of halogens is 8. The lowest BCUT2D eigenvalue weighted by Crippen LogP contribution is -2.30. The van der Waals surface area contributed by atoms with E-state index in [-0.39, 0.29) is 47.6 Å². The highest BCUT2D eigenvalue weighted by Crippen LogP contribution is 2.41. The van der Waals surface area contributed by atoms with Gasteiger partial charge in [0.2, 0.25) is 0 Å². The van der Waals surface area contributed by atoms with Gasteiger partial charge in [-0.1, -0.05) is 30.3 Å². The molecule has 1 aliphatic rings. The first-order chi connectivity index (χ1) is 21.0. The molecule has 5 rings (SSSR count). The summed E-state index contributed by atoms with van der Waals surface area (Å²) in [6.07, 6.45) is -3.27. The molecule has 0 aliphatic heterocycles. The zero-order valence-electron chi connectivity index (χ0n) is 23.6. The second kappa shape index (κ2) is 13.1. The zero-order valence-corrected chi connectivity index (χ0v) is 23.6. The van der Waals surface area contributed by atoms with Crippen molar-refractivity contribution >= 4 is 0 Å². The van der Waals surface area contributed by atoms with Crippen molar-refractivity contribution in [2.45, 2.75) is 57.3 Å². The van der Waals surface area contributed by atoms with E-state index in [4.69, 9.17) is 9.47 Å². The van der Waals surface area contributed by atoms with E-state index >= 15 is 4.39 Å². The molecule has 0 unspecified atom stereocenters. The Balaban J connectivity index is 1.23. The van der Waals surface area contributed by atoms with E-state index < -0.39 is 52.7 Å². The molecule has 4 aromatic carbocycles. The summed E-state index contributed by atoms with van der Waals surface area (Å²) in [6, 6.07) is 12.8. The van der Waals surface area contributed by atoms with E-state index in [1.54, 1.807) is 13.0 Å². The average Bonchev–Trinajstić information content (AvgIpc) is 2.98. The van der Waals surface area contributed by atoms with Gasteiger partial charge in [0.05, 0.1) is 18.3 Å². The van der Waals surface area contributed by atoms with Crippen molar-refractivity contribution in [2.75, 3.05) is 6.61 Å². The van der Waals surface area contributed by atoms with Gasteiger partial charge in [-0.25, -0.2) is 26.3 Å². The van der Waals surface area contributed by atoms with Crippen LogP contribution in [0.1, 0.15) is 55.2 Å². The molecular formula is C34H28F8O2. The molecule has 0 atom stereocenters. The van der Waals surface area contributed by atoms with Crippen molar-refractivity contribution in [1.29, 1.82) is 0 Å². The van der Waals surface area contributed by atoms with Crippen LogP contribution in [-0.4, -0.2) is 12.7 Å². The minimum Gasteiger partial charge on any atom is -0.377 e. The van der Waals surface area contributed by atoms with Gasteiger partial charge in [-0.15, -0.1) is 0 Å². The number of alkyl halides is 2. The van der Waals surface area contributed by atoms with Gasteiger partial charge in [-0.3, -0.25) is 0 Å². The fraction of sp³-hybridized carbons (Fsp3) is 0.294. The van der Waals surface area contributed by atoms with E-state index in [2.05, 4.69) is 0 Å². The number of hydrogen-bond acceptors (Lipinski definition) is 2. The molecule has 0 spiro atoms. The van der Waals surface area contributed by atoms with Gasteiger partial charge >= 0.3 is 6.11 Å². The maximum Gasteiger partial charge on any atom is 0.386 e. The van der Waals surface area contributed by atoms with Crippen molar-refractivity contribution in [3.63, 3.8) is 0 Å². The van der Waals surface area contributed by atoms with Crippen molar-refractivity contribution in [3.05, 3.63) is 118 Å². The highest BCUT2D eigenvalue weighted by atomic mass is 19.3. The third-order valence-electron chi connectivity index (χ3n) is 7.85. The Labute approximate surface area is 249 Å². The number of benzene rings is 4. The van der Waals surface area contributed by atoms with Crippen molar-refractivity contribution in [3.8, 4) is 22.3 Å². The summed E-state index contributed by atoms with van der Waals surface area (Å²) in [6.45, 7) is 2.28. The molecule has 0 amide bonds. The highest BCUT2D eigenvalue weighted by molar-refractivity contribution is 5.71. The Morgan fingerprint density at radius 2 is 1.27 bits per heavy atom. The van der Waals surface area contributed by atoms with Crippen molar-refractivity contribution in [2.24, 2.45) is 0 Å². The van der Waals surface area contributed by atoms with E-state index in [0.29, 0.717) is 42.7 Å². The Morgan fingerprint density at radius 1 is 0.659 bits per heavy atom. The van der Waals surface area contributed by atoms with Crippen LogP contribution in [0.25, 0.3) is 22.3 Å². The molecule has 0 bridgehead atoms. The highest BCUT2D eigenvalue weighted by Gasteiger charge is 2.40. The standard InChI is InChI=1S/C34H28F8O2/c1-2-43-18-19-3-12-27(30(37)13-19)34(41,42)44-24-8-4-20(5-9-24)21-6-10-25(28(35)14-21)22-7-11-26(29(36)15-22)23-16-31(38)33(40)32(39)17-23/h3,6-7,10-17,20,24H,2,4-5,8-9,18H2,1H3. The van der Waals surface area contributed by atoms with E-state index in [9.17, 15) is 30.7 Å². The van der Waals surface area contributed by atoms with Crippen molar-refractivity contribution in [1.82, 2.24) is 0 Å². The SMILES string of the molecule is CCOCc1ccc(C(F)(F)OC2CCC(c3ccc(-c4ccc(-c5cc(F)c(F)c(F)c5)c(F)c4)c(F)c3)CC2)c(F)c1. The summed E-state index contributed by atoms with van der Waals surface area (Å²) >= 11 is 0. The molecule has 232 valence electrons. The Kier molecular flexibility index (Phi) is 9.41. The summed E-state index contributed by atoms with van der Waals surface area (Å²) in [7, 11) is 0. The maximum absolute atomic E-state index is 15.2. The molecule has 0 saturated heterocycles. The van der Waals surface area contributed by atoms with Gasteiger partial charge in [0, 0.05) is 17.7 Å². The minimum absolute atomic E-state index is 0.0848. The average molecular weight is 621 g/mol. The molecule has 2 nitrogen and oxygen atoms in total. The van der Waals surface area contributed by atoms with Crippen LogP contribution in [0.4, 0.5) is 35.1 Å². The van der Waals surface area contributed by atoms with Crippen LogP contribution < -0.4 is 0 Å². The lowest BCUT2D eigenvalue weighted by molar-refractivity contribution is -0.278. The molecule has 0 radical (unpaired) electrons. The van der Waals surface area contributed by atoms with Crippen LogP contribution in [0.2, 0.25) is 0 Å². The summed E-state index contributed by atoms with van der Waals surface area (Å²) < 4.78 is 125. The molecule has 0 heterocycles. The van der Waals surface area contributed by atoms with Crippen LogP contribution >= 0.6 is 0 Å². The summed E-state index contributed by atoms with van der Waals surface area (Å²) in [5.41, 5.74) is 0.0926. The zero-order chi connectivity index (χ0) is 31.6. The number of hydrogen-bond donors (Lipinski definition) is 0. The van der Waals surface area contributed by atoms with Gasteiger partial charge < -0.3 is 9.47 Å². The molecule has 0 aromatic heterocycles. The lowest BCUT2D eigenvalue weighted by atomic mass is 9.82. The summed E-state index contributed by atoms with van der Waals surface area (Å²) in [5, 5.41) is 0. The third-order valence-corrected chi connectivity index (χ3v) is 7.85. The van der Waals surface area contributed by atoms with Gasteiger partial charge in [0.1, 0.15) is 17.5 Å². The van der Waals surface area contributed by atoms with Crippen LogP contribution in [0.5, 0.6) is 0 Å². The van der Waals surface area contributed by atoms with Crippen LogP contribution in [0.3, 0.4) is 0 Å². The molecule has 1 aliphatic carbocycles. The van der Waals surface area contributed by atoms with Crippen LogP contribution in [0, 0.1) is 34.9 Å². The Hall–Kier alpha value is -3.76. The molecule has 1 fully saturated rings. The summed E-state index contributed by atoms with van der Waals surface area (Å²) in [5.74, 6) is -7.32. The van der Waals surface area contributed by atoms with E-state index in [1.165, 1.54) is 30.3 Å². The summed E-state index contributed by atoms with van der Waals surface area (Å²) in [4.78, 5) is 0. The molecule has 10 heteroatoms. The number of rotatable bonds is 9. The molecule has 44 heavy (non-hydrogen) atoms. The molecule has 4 aromatic rings. The first-order valence-electron chi connectivity index (χ1n) is 14.1. The molecule has 1 saturated carbocycles. The lowest BCUT2D eigenvalue weighted by Gasteiger charge is -2.31. The smallest absolute Gasteiger partial charge is 0.377 e. The van der Waals surface area contributed by atoms with E-state index in [1.807, 2.05) is 0 Å². The predicted octanol–water partition coefficient (Wildman–Crippen LogP) is 10.2. The Morgan fingerprint density at radius 3 is 1.89 bits per heavy atom. The van der Waals surface area contributed by atoms with Crippen molar-refractivity contribution < 1.29 is 44.6 Å². The molecular weight excluding hydrogens is 592 g/mol. The van der Waals surface area contributed by atoms with Crippen LogP contribution in [0.15, 0.2) is 66.7 Å². The topological polar surface area (TPSA) is 18.5 Å². The fourth-order valence-electron chi connectivity index (χ4n) is 5.54. The van der Waals surface area contributed by atoms with Gasteiger partial charge in [-0.05, 0) is 97.2 Å². The van der Waals surface area contributed by atoms with Gasteiger partial charge in [0.15, 0.2) is 17.5 Å². The monoisotopic (exact) mass is 620 g/mol. The fourth-order valence-corrected chi connectivity index (χ4v) is 5.54. The minimum atomic E-state index is -3.83. The van der Waals surface area contributed by atoms with E-state index in [0.717, 1.165) is 18.2 Å². The second-order valence-electron chi connectivity index (χ2n) is 10.7. The quantitative estimate of drug-likeness (QED) is 0.137. The van der Waals surface area contributed by atoms with Gasteiger partial charge in [-0.2, -0.15) is 8.78 Å². The maximum atomic E-state index is 15.2. The van der Waals surface area contributed by atoms with Crippen LogP contribution in [-0.2, 0) is 22.2 Å². The second-order valence-corrected chi connectivity index (χ2v) is 10.7. The van der Waals surface area contributed by atoms with Gasteiger partial charge in [0.25, 0.3) is 0 Å². The largest absolute Gasteiger partial charge is 0.386 e. The third kappa shape index (κ3) is 6.81. The predicted molar refractivity (Wildman–Crippen MR) is 149 cm³/mol. The molecule has 0 N–H and O–H groups in total. The first kappa shape index (κ1) is 31.7. The first-order valence-corrected chi connectivity index (χ1v) is 14.1. The Bertz CT molecular complexity index is 1620. The normalized spacial score (nSPS) is 17.2. The number of ether oxygens (including phenoxy) is 2.